The Balaban J connectivity index is 0.000000388. The topological polar surface area (TPSA) is 80.4 Å². The number of hydrogen-bond donors (Lipinski definition) is 2. The van der Waals surface area contributed by atoms with Crippen molar-refractivity contribution in [1.82, 2.24) is 0 Å². The molecule has 0 bridgehead atoms. The van der Waals surface area contributed by atoms with Crippen molar-refractivity contribution in [2.75, 3.05) is 0 Å². The van der Waals surface area contributed by atoms with E-state index in [9.17, 15) is 9.59 Å². The summed E-state index contributed by atoms with van der Waals surface area (Å²) in [5.74, 6) is -1.77. The Hall–Kier alpha value is -2.36. The maximum atomic E-state index is 10.5. The first kappa shape index (κ1) is 17.6. The first-order valence-corrected chi connectivity index (χ1v) is 6.42. The fourth-order valence-electron chi connectivity index (χ4n) is 1.37. The van der Waals surface area contributed by atoms with Gasteiger partial charge in [-0.25, -0.2) is 4.79 Å². The lowest BCUT2D eigenvalue weighted by Crippen LogP contribution is -2.11. The number of unbranched alkanes of at least 4 members (excludes halogenated alkanes) is 1. The average molecular weight is 275 g/mol. The summed E-state index contributed by atoms with van der Waals surface area (Å²) in [7, 11) is 0. The zero-order valence-electron chi connectivity index (χ0n) is 11.7. The lowest BCUT2D eigenvalue weighted by atomic mass is 10.1. The van der Waals surface area contributed by atoms with E-state index in [0.29, 0.717) is 6.42 Å². The molecule has 20 heavy (non-hydrogen) atoms. The van der Waals surface area contributed by atoms with E-state index in [2.05, 4.69) is 6.58 Å². The van der Waals surface area contributed by atoms with Crippen molar-refractivity contribution in [3.63, 3.8) is 0 Å². The van der Waals surface area contributed by atoms with E-state index < -0.39 is 11.9 Å². The second-order valence-corrected chi connectivity index (χ2v) is 4.10. The predicted molar refractivity (Wildman–Crippen MR) is 81.0 cm³/mol. The molecule has 4 heteroatoms. The Labute approximate surface area is 119 Å². The zero-order valence-corrected chi connectivity index (χ0v) is 11.7. The Morgan fingerprint density at radius 3 is 2.25 bits per heavy atom. The van der Waals surface area contributed by atoms with Gasteiger partial charge in [0.05, 0.1) is 0 Å². The fraction of sp³-hybridized carbons (Fsp3) is 0.250. The molecule has 1 aromatic carbocycles. The van der Waals surface area contributed by atoms with Crippen molar-refractivity contribution in [2.24, 2.45) is 5.73 Å². The van der Waals surface area contributed by atoms with Crippen LogP contribution >= 0.6 is 0 Å². The SMILES string of the molecule is C=Cc1ccccc1.CCCC/C(=C/C(N)=O)C(=O)O. The van der Waals surface area contributed by atoms with Gasteiger partial charge < -0.3 is 10.8 Å². The van der Waals surface area contributed by atoms with Crippen molar-refractivity contribution in [2.45, 2.75) is 26.2 Å². The first-order valence-electron chi connectivity index (χ1n) is 6.42. The average Bonchev–Trinajstić information content (AvgIpc) is 2.44. The molecule has 3 N–H and O–H groups in total. The Bertz CT molecular complexity index is 464. The van der Waals surface area contributed by atoms with Gasteiger partial charge in [0.2, 0.25) is 5.91 Å². The highest BCUT2D eigenvalue weighted by molar-refractivity contribution is 5.96. The van der Waals surface area contributed by atoms with Gasteiger partial charge in [0.25, 0.3) is 0 Å². The number of nitrogens with two attached hydrogens (primary N) is 1. The molecular formula is C16H21NO3. The molecule has 1 rings (SSSR count). The summed E-state index contributed by atoms with van der Waals surface area (Å²) in [4.78, 5) is 20.8. The first-order chi connectivity index (χ1) is 9.51. The normalized spacial score (nSPS) is 10.2. The van der Waals surface area contributed by atoms with Crippen molar-refractivity contribution in [3.8, 4) is 0 Å². The highest BCUT2D eigenvalue weighted by Gasteiger charge is 2.07. The number of rotatable bonds is 6. The quantitative estimate of drug-likeness (QED) is 0.783. The molecule has 0 fully saturated rings. The van der Waals surface area contributed by atoms with E-state index in [1.165, 1.54) is 5.56 Å². The zero-order chi connectivity index (χ0) is 15.4. The van der Waals surface area contributed by atoms with Crippen LogP contribution in [0.3, 0.4) is 0 Å². The lowest BCUT2D eigenvalue weighted by molar-refractivity contribution is -0.133. The summed E-state index contributed by atoms with van der Waals surface area (Å²) in [6, 6.07) is 10.0. The van der Waals surface area contributed by atoms with Crippen LogP contribution in [0.25, 0.3) is 6.08 Å². The predicted octanol–water partition coefficient (Wildman–Crippen LogP) is 3.00. The largest absolute Gasteiger partial charge is 0.478 e. The Morgan fingerprint density at radius 2 is 1.90 bits per heavy atom. The standard InChI is InChI=1S/C8H13NO3.C8H8/c1-2-3-4-6(8(11)12)5-7(9)10;1-2-8-6-4-3-5-7-8/h5H,2-4H2,1H3,(H2,9,10)(H,11,12);2-7H,1H2/b6-5-;. The minimum absolute atomic E-state index is 0.0874. The van der Waals surface area contributed by atoms with E-state index in [-0.39, 0.29) is 5.57 Å². The van der Waals surface area contributed by atoms with Crippen LogP contribution in [0, 0.1) is 0 Å². The highest BCUT2D eigenvalue weighted by atomic mass is 16.4. The molecule has 0 saturated heterocycles. The molecule has 108 valence electrons. The molecule has 1 aromatic rings. The van der Waals surface area contributed by atoms with Gasteiger partial charge in [0.1, 0.15) is 0 Å². The molecule has 4 nitrogen and oxygen atoms in total. The number of carbonyl (C=O) groups excluding carboxylic acids is 1. The van der Waals surface area contributed by atoms with E-state index in [4.69, 9.17) is 10.8 Å². The number of hydrogen-bond acceptors (Lipinski definition) is 2. The summed E-state index contributed by atoms with van der Waals surface area (Å²) >= 11 is 0. The molecule has 0 radical (unpaired) electrons. The van der Waals surface area contributed by atoms with Crippen LogP contribution in [0.15, 0.2) is 48.6 Å². The molecule has 1 amide bonds. The summed E-state index contributed by atoms with van der Waals surface area (Å²) in [5.41, 5.74) is 6.09. The molecule has 0 saturated carbocycles. The smallest absolute Gasteiger partial charge is 0.331 e. The number of aliphatic carboxylic acids is 1. The summed E-state index contributed by atoms with van der Waals surface area (Å²) in [6.45, 7) is 5.58. The van der Waals surface area contributed by atoms with Gasteiger partial charge in [-0.1, -0.05) is 56.3 Å². The molecule has 0 spiro atoms. The van der Waals surface area contributed by atoms with Crippen LogP contribution < -0.4 is 5.73 Å². The van der Waals surface area contributed by atoms with Crippen LogP contribution in [0.1, 0.15) is 31.7 Å². The third-order valence-electron chi connectivity index (χ3n) is 2.43. The molecule has 0 aliphatic carbocycles. The third kappa shape index (κ3) is 8.69. The number of carboxylic acids is 1. The number of amides is 1. The third-order valence-corrected chi connectivity index (χ3v) is 2.43. The van der Waals surface area contributed by atoms with Crippen LogP contribution in [-0.2, 0) is 9.59 Å². The molecule has 0 aromatic heterocycles. The molecular weight excluding hydrogens is 254 g/mol. The molecule has 0 aliphatic rings. The Kier molecular flexibility index (Phi) is 9.31. The summed E-state index contributed by atoms with van der Waals surface area (Å²) in [6.07, 6.45) is 4.85. The second-order valence-electron chi connectivity index (χ2n) is 4.10. The number of benzene rings is 1. The van der Waals surface area contributed by atoms with Gasteiger partial charge in [-0.05, 0) is 18.4 Å². The van der Waals surface area contributed by atoms with Gasteiger partial charge in [-0.15, -0.1) is 0 Å². The molecule has 0 atom stereocenters. The van der Waals surface area contributed by atoms with Crippen LogP contribution in [0.5, 0.6) is 0 Å². The second kappa shape index (κ2) is 10.6. The lowest BCUT2D eigenvalue weighted by Gasteiger charge is -1.98. The van der Waals surface area contributed by atoms with Gasteiger partial charge in [0, 0.05) is 11.6 Å². The van der Waals surface area contributed by atoms with Gasteiger partial charge in [-0.2, -0.15) is 0 Å². The van der Waals surface area contributed by atoms with Crippen molar-refractivity contribution >= 4 is 18.0 Å². The van der Waals surface area contributed by atoms with E-state index in [0.717, 1.165) is 18.9 Å². The highest BCUT2D eigenvalue weighted by Crippen LogP contribution is 2.06. The van der Waals surface area contributed by atoms with Gasteiger partial charge in [-0.3, -0.25) is 4.79 Å². The van der Waals surface area contributed by atoms with Crippen molar-refractivity contribution < 1.29 is 14.7 Å². The van der Waals surface area contributed by atoms with Crippen LogP contribution in [0.2, 0.25) is 0 Å². The van der Waals surface area contributed by atoms with Crippen molar-refractivity contribution in [1.29, 1.82) is 0 Å². The summed E-state index contributed by atoms with van der Waals surface area (Å²) in [5, 5.41) is 8.57. The van der Waals surface area contributed by atoms with Crippen LogP contribution in [0.4, 0.5) is 0 Å². The minimum Gasteiger partial charge on any atom is -0.478 e. The molecule has 0 heterocycles. The maximum Gasteiger partial charge on any atom is 0.331 e. The number of primary amides is 1. The molecule has 0 aliphatic heterocycles. The minimum atomic E-state index is -1.07. The molecule has 0 unspecified atom stereocenters. The monoisotopic (exact) mass is 275 g/mol. The maximum absolute atomic E-state index is 10.5. The van der Waals surface area contributed by atoms with E-state index in [1.54, 1.807) is 0 Å². The number of carboxylic acid groups (broad SMARTS) is 1. The van der Waals surface area contributed by atoms with E-state index >= 15 is 0 Å². The fourth-order valence-corrected chi connectivity index (χ4v) is 1.37. The van der Waals surface area contributed by atoms with Gasteiger partial charge in [0.15, 0.2) is 0 Å². The summed E-state index contributed by atoms with van der Waals surface area (Å²) < 4.78 is 0. The van der Waals surface area contributed by atoms with Gasteiger partial charge >= 0.3 is 5.97 Å². The van der Waals surface area contributed by atoms with Crippen LogP contribution in [-0.4, -0.2) is 17.0 Å². The van der Waals surface area contributed by atoms with E-state index in [1.807, 2.05) is 43.3 Å². The van der Waals surface area contributed by atoms with Crippen molar-refractivity contribution in [3.05, 3.63) is 54.1 Å². The Morgan fingerprint density at radius 1 is 1.30 bits per heavy atom. The number of carbonyl (C=O) groups is 2.